The molecule has 2 heterocycles. The van der Waals surface area contributed by atoms with Gasteiger partial charge in [0.05, 0.1) is 4.88 Å². The number of amides is 2. The summed E-state index contributed by atoms with van der Waals surface area (Å²) < 4.78 is 13.1. The van der Waals surface area contributed by atoms with Gasteiger partial charge in [-0.1, -0.05) is 12.1 Å². The van der Waals surface area contributed by atoms with Gasteiger partial charge in [-0.25, -0.2) is 4.39 Å². The van der Waals surface area contributed by atoms with E-state index >= 15 is 0 Å². The maximum atomic E-state index is 13.1. The molecule has 0 saturated carbocycles. The molecular formula is C17H17FN2O2S. The molecule has 1 saturated heterocycles. The fourth-order valence-corrected chi connectivity index (χ4v) is 3.46. The van der Waals surface area contributed by atoms with Gasteiger partial charge in [-0.2, -0.15) is 0 Å². The van der Waals surface area contributed by atoms with Crippen LogP contribution >= 0.6 is 11.3 Å². The number of carbonyl (C=O) groups is 2. The van der Waals surface area contributed by atoms with Crippen molar-refractivity contribution in [2.75, 3.05) is 6.54 Å². The van der Waals surface area contributed by atoms with E-state index in [1.54, 1.807) is 12.1 Å². The minimum Gasteiger partial charge on any atom is -0.354 e. The Labute approximate surface area is 137 Å². The van der Waals surface area contributed by atoms with Gasteiger partial charge in [0.2, 0.25) is 5.91 Å². The van der Waals surface area contributed by atoms with Gasteiger partial charge in [-0.3, -0.25) is 9.59 Å². The molecule has 0 bridgehead atoms. The molecule has 120 valence electrons. The number of thiophene rings is 1. The van der Waals surface area contributed by atoms with Crippen molar-refractivity contribution in [1.82, 2.24) is 10.6 Å². The molecule has 2 N–H and O–H groups in total. The molecule has 0 aliphatic carbocycles. The second kappa shape index (κ2) is 6.91. The van der Waals surface area contributed by atoms with Gasteiger partial charge in [-0.15, -0.1) is 11.3 Å². The predicted octanol–water partition coefficient (Wildman–Crippen LogP) is 2.95. The number of rotatable bonds is 3. The van der Waals surface area contributed by atoms with Crippen LogP contribution in [0.1, 0.15) is 28.9 Å². The van der Waals surface area contributed by atoms with Gasteiger partial charge in [0.15, 0.2) is 0 Å². The Bertz CT molecular complexity index is 712. The van der Waals surface area contributed by atoms with Crippen LogP contribution in [0.5, 0.6) is 0 Å². The number of benzene rings is 1. The number of nitrogens with one attached hydrogen (secondary N) is 2. The standard InChI is InChI=1S/C17H17FN2O2S/c18-12-6-4-11(5-7-12)13-8-10-23-15(13)17(22)20-14-3-1-2-9-19-16(14)21/h4-8,10,14H,1-3,9H2,(H,19,21)(H,20,22). The number of hydrogen-bond acceptors (Lipinski definition) is 3. The van der Waals surface area contributed by atoms with Crippen molar-refractivity contribution in [2.45, 2.75) is 25.3 Å². The number of carbonyl (C=O) groups excluding carboxylic acids is 2. The molecule has 1 atom stereocenters. The second-order valence-corrected chi connectivity index (χ2v) is 6.40. The van der Waals surface area contributed by atoms with Gasteiger partial charge in [-0.05, 0) is 48.4 Å². The molecule has 1 aromatic carbocycles. The quantitative estimate of drug-likeness (QED) is 0.908. The van der Waals surface area contributed by atoms with E-state index in [4.69, 9.17) is 0 Å². The molecule has 1 aromatic heterocycles. The molecule has 1 aliphatic rings. The summed E-state index contributed by atoms with van der Waals surface area (Å²) in [5.41, 5.74) is 1.53. The van der Waals surface area contributed by atoms with Crippen LogP contribution in [0.15, 0.2) is 35.7 Å². The summed E-state index contributed by atoms with van der Waals surface area (Å²) in [7, 11) is 0. The van der Waals surface area contributed by atoms with Crippen molar-refractivity contribution in [3.8, 4) is 11.1 Å². The highest BCUT2D eigenvalue weighted by molar-refractivity contribution is 7.12. The fraction of sp³-hybridized carbons (Fsp3) is 0.294. The van der Waals surface area contributed by atoms with Gasteiger partial charge in [0, 0.05) is 12.1 Å². The maximum absolute atomic E-state index is 13.1. The number of hydrogen-bond donors (Lipinski definition) is 2. The molecule has 0 radical (unpaired) electrons. The van der Waals surface area contributed by atoms with Crippen LogP contribution in [0.4, 0.5) is 4.39 Å². The van der Waals surface area contributed by atoms with Crippen LogP contribution in [0.2, 0.25) is 0 Å². The third kappa shape index (κ3) is 3.59. The normalized spacial score (nSPS) is 18.1. The maximum Gasteiger partial charge on any atom is 0.262 e. The summed E-state index contributed by atoms with van der Waals surface area (Å²) in [6.07, 6.45) is 2.48. The van der Waals surface area contributed by atoms with Crippen LogP contribution in [0.25, 0.3) is 11.1 Å². The Morgan fingerprint density at radius 1 is 1.22 bits per heavy atom. The zero-order chi connectivity index (χ0) is 16.2. The third-order valence-corrected chi connectivity index (χ3v) is 4.78. The first-order valence-corrected chi connectivity index (χ1v) is 8.45. The van der Waals surface area contributed by atoms with E-state index in [1.807, 2.05) is 11.4 Å². The van der Waals surface area contributed by atoms with Crippen LogP contribution in [0, 0.1) is 5.82 Å². The SMILES string of the molecule is O=C(NC1CCCCNC1=O)c1sccc1-c1ccc(F)cc1. The molecule has 1 fully saturated rings. The minimum atomic E-state index is -0.492. The van der Waals surface area contributed by atoms with Crippen molar-refractivity contribution in [3.05, 3.63) is 46.4 Å². The Balaban J connectivity index is 1.79. The molecule has 4 nitrogen and oxygen atoms in total. The van der Waals surface area contributed by atoms with Crippen molar-refractivity contribution in [3.63, 3.8) is 0 Å². The molecule has 0 spiro atoms. The van der Waals surface area contributed by atoms with E-state index < -0.39 is 6.04 Å². The molecule has 23 heavy (non-hydrogen) atoms. The summed E-state index contributed by atoms with van der Waals surface area (Å²) in [6, 6.07) is 7.37. The van der Waals surface area contributed by atoms with Crippen LogP contribution in [-0.2, 0) is 4.79 Å². The lowest BCUT2D eigenvalue weighted by Gasteiger charge is -2.15. The Morgan fingerprint density at radius 3 is 2.78 bits per heavy atom. The molecule has 2 amide bonds. The Morgan fingerprint density at radius 2 is 2.00 bits per heavy atom. The van der Waals surface area contributed by atoms with Crippen molar-refractivity contribution in [2.24, 2.45) is 0 Å². The fourth-order valence-electron chi connectivity index (χ4n) is 2.64. The van der Waals surface area contributed by atoms with Gasteiger partial charge in [0.25, 0.3) is 5.91 Å². The Hall–Kier alpha value is -2.21. The summed E-state index contributed by atoms with van der Waals surface area (Å²) in [5.74, 6) is -0.706. The van der Waals surface area contributed by atoms with E-state index in [1.165, 1.54) is 23.5 Å². The first-order chi connectivity index (χ1) is 11.1. The lowest BCUT2D eigenvalue weighted by Crippen LogP contribution is -2.45. The van der Waals surface area contributed by atoms with Gasteiger partial charge in [0.1, 0.15) is 11.9 Å². The van der Waals surface area contributed by atoms with E-state index in [0.717, 1.165) is 24.0 Å². The predicted molar refractivity (Wildman–Crippen MR) is 87.8 cm³/mol. The zero-order valence-electron chi connectivity index (χ0n) is 12.5. The highest BCUT2D eigenvalue weighted by Gasteiger charge is 2.24. The third-order valence-electron chi connectivity index (χ3n) is 3.87. The zero-order valence-corrected chi connectivity index (χ0v) is 13.3. The molecular weight excluding hydrogens is 315 g/mol. The largest absolute Gasteiger partial charge is 0.354 e. The van der Waals surface area contributed by atoms with Crippen molar-refractivity contribution >= 4 is 23.2 Å². The Kier molecular flexibility index (Phi) is 4.71. The molecule has 3 rings (SSSR count). The van der Waals surface area contributed by atoms with Crippen molar-refractivity contribution in [1.29, 1.82) is 0 Å². The van der Waals surface area contributed by atoms with E-state index in [-0.39, 0.29) is 17.6 Å². The minimum absolute atomic E-state index is 0.129. The summed E-state index contributed by atoms with van der Waals surface area (Å²) in [6.45, 7) is 0.658. The van der Waals surface area contributed by atoms with Gasteiger partial charge >= 0.3 is 0 Å². The first kappa shape index (κ1) is 15.7. The van der Waals surface area contributed by atoms with Crippen LogP contribution < -0.4 is 10.6 Å². The highest BCUT2D eigenvalue weighted by atomic mass is 32.1. The number of halogens is 1. The average Bonchev–Trinajstić information content (AvgIpc) is 2.95. The molecule has 2 aromatic rings. The monoisotopic (exact) mass is 332 g/mol. The lowest BCUT2D eigenvalue weighted by atomic mass is 10.1. The van der Waals surface area contributed by atoms with Crippen molar-refractivity contribution < 1.29 is 14.0 Å². The second-order valence-electron chi connectivity index (χ2n) is 5.48. The van der Waals surface area contributed by atoms with E-state index in [0.29, 0.717) is 17.8 Å². The molecule has 1 aliphatic heterocycles. The lowest BCUT2D eigenvalue weighted by molar-refractivity contribution is -0.122. The average molecular weight is 332 g/mol. The summed E-state index contributed by atoms with van der Waals surface area (Å²) in [4.78, 5) is 25.0. The topological polar surface area (TPSA) is 58.2 Å². The highest BCUT2D eigenvalue weighted by Crippen LogP contribution is 2.28. The summed E-state index contributed by atoms with van der Waals surface area (Å²) >= 11 is 1.31. The van der Waals surface area contributed by atoms with E-state index in [9.17, 15) is 14.0 Å². The van der Waals surface area contributed by atoms with E-state index in [2.05, 4.69) is 10.6 Å². The molecule has 1 unspecified atom stereocenters. The van der Waals surface area contributed by atoms with Crippen LogP contribution in [-0.4, -0.2) is 24.4 Å². The van der Waals surface area contributed by atoms with Gasteiger partial charge < -0.3 is 10.6 Å². The van der Waals surface area contributed by atoms with Crippen LogP contribution in [0.3, 0.4) is 0 Å². The first-order valence-electron chi connectivity index (χ1n) is 7.57. The smallest absolute Gasteiger partial charge is 0.262 e. The molecule has 6 heteroatoms. The summed E-state index contributed by atoms with van der Waals surface area (Å²) in [5, 5.41) is 7.44.